The predicted octanol–water partition coefficient (Wildman–Crippen LogP) is 4.70. The van der Waals surface area contributed by atoms with Crippen LogP contribution < -0.4 is 10.1 Å². The van der Waals surface area contributed by atoms with Crippen molar-refractivity contribution in [2.45, 2.75) is 20.3 Å². The zero-order valence-electron chi connectivity index (χ0n) is 14.3. The number of thiazole rings is 1. The molecule has 2 aromatic carbocycles. The van der Waals surface area contributed by atoms with Gasteiger partial charge in [-0.15, -0.1) is 11.3 Å². The molecule has 0 saturated heterocycles. The van der Waals surface area contributed by atoms with Gasteiger partial charge in [-0.3, -0.25) is 4.79 Å². The molecule has 0 bridgehead atoms. The Morgan fingerprint density at radius 2 is 1.92 bits per heavy atom. The average Bonchev–Trinajstić information content (AvgIpc) is 3.06. The van der Waals surface area contributed by atoms with Crippen molar-refractivity contribution in [2.24, 2.45) is 0 Å². The van der Waals surface area contributed by atoms with Gasteiger partial charge in [0.2, 0.25) is 5.91 Å². The van der Waals surface area contributed by atoms with E-state index in [9.17, 15) is 4.79 Å². The van der Waals surface area contributed by atoms with Crippen LogP contribution in [0.1, 0.15) is 18.1 Å². The standard InChI is InChI=1S/C20H20N2O2S/c1-3-24-18-11-7-6-10-16(18)17-13-25-20(21-17)22-19(23)12-15-9-5-4-8-14(15)2/h4-11,13H,3,12H2,1-2H3,(H,21,22,23). The molecule has 1 heterocycles. The minimum atomic E-state index is -0.0618. The predicted molar refractivity (Wildman–Crippen MR) is 102 cm³/mol. The molecule has 1 N–H and O–H groups in total. The molecular weight excluding hydrogens is 332 g/mol. The molecule has 0 radical (unpaired) electrons. The summed E-state index contributed by atoms with van der Waals surface area (Å²) >= 11 is 1.42. The number of nitrogens with zero attached hydrogens (tertiary/aromatic N) is 1. The van der Waals surface area contributed by atoms with Crippen molar-refractivity contribution in [1.82, 2.24) is 4.98 Å². The first-order valence-electron chi connectivity index (χ1n) is 8.19. The first kappa shape index (κ1) is 17.2. The molecule has 0 aliphatic heterocycles. The van der Waals surface area contributed by atoms with E-state index in [2.05, 4.69) is 10.3 Å². The number of anilines is 1. The number of hydrogen-bond acceptors (Lipinski definition) is 4. The summed E-state index contributed by atoms with van der Waals surface area (Å²) in [5.74, 6) is 0.737. The van der Waals surface area contributed by atoms with Gasteiger partial charge in [0.25, 0.3) is 0 Å². The van der Waals surface area contributed by atoms with E-state index in [1.54, 1.807) is 0 Å². The summed E-state index contributed by atoms with van der Waals surface area (Å²) in [6.45, 7) is 4.56. The normalized spacial score (nSPS) is 10.5. The average molecular weight is 352 g/mol. The fourth-order valence-electron chi connectivity index (χ4n) is 2.56. The number of para-hydroxylation sites is 1. The van der Waals surface area contributed by atoms with Gasteiger partial charge in [-0.1, -0.05) is 36.4 Å². The summed E-state index contributed by atoms with van der Waals surface area (Å²) < 4.78 is 5.65. The summed E-state index contributed by atoms with van der Waals surface area (Å²) in [6.07, 6.45) is 0.344. The van der Waals surface area contributed by atoms with Crippen LogP contribution in [0.5, 0.6) is 5.75 Å². The third kappa shape index (κ3) is 4.25. The number of hydrogen-bond donors (Lipinski definition) is 1. The SMILES string of the molecule is CCOc1ccccc1-c1csc(NC(=O)Cc2ccccc2C)n1. The maximum atomic E-state index is 12.3. The Hall–Kier alpha value is -2.66. The number of aryl methyl sites for hydroxylation is 1. The number of amides is 1. The molecule has 25 heavy (non-hydrogen) atoms. The zero-order chi connectivity index (χ0) is 17.6. The first-order chi connectivity index (χ1) is 12.2. The van der Waals surface area contributed by atoms with Gasteiger partial charge in [0.1, 0.15) is 5.75 Å². The van der Waals surface area contributed by atoms with Crippen molar-refractivity contribution >= 4 is 22.4 Å². The number of ether oxygens (including phenoxy) is 1. The molecule has 1 aromatic heterocycles. The van der Waals surface area contributed by atoms with Gasteiger partial charge in [-0.2, -0.15) is 0 Å². The van der Waals surface area contributed by atoms with Crippen molar-refractivity contribution in [3.63, 3.8) is 0 Å². The van der Waals surface area contributed by atoms with Crippen LogP contribution >= 0.6 is 11.3 Å². The number of carbonyl (C=O) groups is 1. The van der Waals surface area contributed by atoms with E-state index < -0.39 is 0 Å². The van der Waals surface area contributed by atoms with Crippen LogP contribution in [0.15, 0.2) is 53.9 Å². The highest BCUT2D eigenvalue weighted by Crippen LogP contribution is 2.32. The van der Waals surface area contributed by atoms with E-state index in [-0.39, 0.29) is 5.91 Å². The van der Waals surface area contributed by atoms with Crippen LogP contribution in [-0.2, 0) is 11.2 Å². The summed E-state index contributed by atoms with van der Waals surface area (Å²) in [7, 11) is 0. The molecule has 0 atom stereocenters. The third-order valence-corrected chi connectivity index (χ3v) is 4.58. The molecule has 0 aliphatic carbocycles. The van der Waals surface area contributed by atoms with E-state index in [0.717, 1.165) is 28.1 Å². The van der Waals surface area contributed by atoms with E-state index in [1.807, 2.05) is 67.8 Å². The maximum absolute atomic E-state index is 12.3. The number of rotatable bonds is 6. The van der Waals surface area contributed by atoms with Crippen LogP contribution in [0.4, 0.5) is 5.13 Å². The van der Waals surface area contributed by atoms with Gasteiger partial charge >= 0.3 is 0 Å². The van der Waals surface area contributed by atoms with Gasteiger partial charge < -0.3 is 10.1 Å². The van der Waals surface area contributed by atoms with Crippen LogP contribution in [0.3, 0.4) is 0 Å². The minimum Gasteiger partial charge on any atom is -0.493 e. The second kappa shape index (κ2) is 7.94. The van der Waals surface area contributed by atoms with Gasteiger partial charge in [0, 0.05) is 10.9 Å². The lowest BCUT2D eigenvalue weighted by atomic mass is 10.1. The molecule has 0 saturated carbocycles. The van der Waals surface area contributed by atoms with Gasteiger partial charge in [0.15, 0.2) is 5.13 Å². The second-order valence-corrected chi connectivity index (χ2v) is 6.48. The fraction of sp³-hybridized carbons (Fsp3) is 0.200. The van der Waals surface area contributed by atoms with E-state index in [0.29, 0.717) is 18.2 Å². The van der Waals surface area contributed by atoms with E-state index in [1.165, 1.54) is 11.3 Å². The largest absolute Gasteiger partial charge is 0.493 e. The lowest BCUT2D eigenvalue weighted by molar-refractivity contribution is -0.115. The quantitative estimate of drug-likeness (QED) is 0.700. The van der Waals surface area contributed by atoms with Crippen molar-refractivity contribution in [2.75, 3.05) is 11.9 Å². The second-order valence-electron chi connectivity index (χ2n) is 5.62. The van der Waals surface area contributed by atoms with E-state index >= 15 is 0 Å². The van der Waals surface area contributed by atoms with Gasteiger partial charge in [-0.05, 0) is 37.1 Å². The highest BCUT2D eigenvalue weighted by atomic mass is 32.1. The molecule has 3 aromatic rings. The first-order valence-corrected chi connectivity index (χ1v) is 9.07. The van der Waals surface area contributed by atoms with Crippen LogP contribution in [0, 0.1) is 6.92 Å². The summed E-state index contributed by atoms with van der Waals surface area (Å²) in [5, 5.41) is 5.42. The smallest absolute Gasteiger partial charge is 0.230 e. The lowest BCUT2D eigenvalue weighted by Crippen LogP contribution is -2.14. The fourth-order valence-corrected chi connectivity index (χ4v) is 3.29. The van der Waals surface area contributed by atoms with Crippen LogP contribution in [0.2, 0.25) is 0 Å². The van der Waals surface area contributed by atoms with Crippen LogP contribution in [0.25, 0.3) is 11.3 Å². The number of aromatic nitrogens is 1. The Balaban J connectivity index is 1.72. The highest BCUT2D eigenvalue weighted by molar-refractivity contribution is 7.14. The maximum Gasteiger partial charge on any atom is 0.230 e. The minimum absolute atomic E-state index is 0.0618. The summed E-state index contributed by atoms with van der Waals surface area (Å²) in [5.41, 5.74) is 3.88. The number of benzene rings is 2. The molecule has 0 fully saturated rings. The van der Waals surface area contributed by atoms with E-state index in [4.69, 9.17) is 4.74 Å². The van der Waals surface area contributed by atoms with Crippen molar-refractivity contribution in [1.29, 1.82) is 0 Å². The Bertz CT molecular complexity index is 873. The Kier molecular flexibility index (Phi) is 5.46. The Labute approximate surface area is 151 Å². The Morgan fingerprint density at radius 1 is 1.16 bits per heavy atom. The topological polar surface area (TPSA) is 51.2 Å². The van der Waals surface area contributed by atoms with Crippen molar-refractivity contribution < 1.29 is 9.53 Å². The van der Waals surface area contributed by atoms with Gasteiger partial charge in [-0.25, -0.2) is 4.98 Å². The third-order valence-electron chi connectivity index (χ3n) is 3.83. The molecule has 5 heteroatoms. The number of nitrogens with one attached hydrogen (secondary N) is 1. The summed E-state index contributed by atoms with van der Waals surface area (Å²) in [4.78, 5) is 16.8. The Morgan fingerprint density at radius 3 is 2.72 bits per heavy atom. The molecule has 0 aliphatic rings. The van der Waals surface area contributed by atoms with Crippen molar-refractivity contribution in [3.05, 3.63) is 65.0 Å². The highest BCUT2D eigenvalue weighted by Gasteiger charge is 2.12. The lowest BCUT2D eigenvalue weighted by Gasteiger charge is -2.07. The summed E-state index contributed by atoms with van der Waals surface area (Å²) in [6, 6.07) is 15.7. The van der Waals surface area contributed by atoms with Gasteiger partial charge in [0.05, 0.1) is 18.7 Å². The van der Waals surface area contributed by atoms with Crippen LogP contribution in [-0.4, -0.2) is 17.5 Å². The molecule has 4 nitrogen and oxygen atoms in total. The molecule has 0 spiro atoms. The van der Waals surface area contributed by atoms with Crippen molar-refractivity contribution in [3.8, 4) is 17.0 Å². The number of carbonyl (C=O) groups excluding carboxylic acids is 1. The molecule has 3 rings (SSSR count). The monoisotopic (exact) mass is 352 g/mol. The zero-order valence-corrected chi connectivity index (χ0v) is 15.1. The molecule has 128 valence electrons. The molecule has 1 amide bonds. The molecular formula is C20H20N2O2S. The molecule has 0 unspecified atom stereocenters.